The van der Waals surface area contributed by atoms with Crippen molar-refractivity contribution in [2.75, 3.05) is 0 Å². The number of aromatic nitrogens is 2. The average molecular weight is 326 g/mol. The average Bonchev–Trinajstić information content (AvgIpc) is 2.74. The van der Waals surface area contributed by atoms with E-state index < -0.39 is 0 Å². The number of aromatic amines is 1. The first-order chi connectivity index (χ1) is 8.63. The molecule has 5 heteroatoms. The number of nitrogens with zero attached hydrogens (tertiary/aromatic N) is 1. The van der Waals surface area contributed by atoms with Crippen LogP contribution in [0.25, 0.3) is 22.4 Å². The predicted octanol–water partition coefficient (Wildman–Crippen LogP) is 4.78. The Hall–Kier alpha value is -1.39. The van der Waals surface area contributed by atoms with Crippen LogP contribution in [0.1, 0.15) is 0 Å². The van der Waals surface area contributed by atoms with E-state index in [1.807, 2.05) is 18.2 Å². The highest BCUT2D eigenvalue weighted by Gasteiger charge is 2.10. The van der Waals surface area contributed by atoms with Gasteiger partial charge in [0, 0.05) is 9.50 Å². The third-order valence-electron chi connectivity index (χ3n) is 2.63. The summed E-state index contributed by atoms with van der Waals surface area (Å²) in [6.45, 7) is 0. The quantitative estimate of drug-likeness (QED) is 0.685. The van der Waals surface area contributed by atoms with Gasteiger partial charge in [-0.1, -0.05) is 27.5 Å². The molecule has 3 aromatic rings. The van der Waals surface area contributed by atoms with Crippen LogP contribution in [0.4, 0.5) is 4.39 Å². The van der Waals surface area contributed by atoms with Gasteiger partial charge in [-0.2, -0.15) is 0 Å². The Morgan fingerprint density at radius 2 is 2.00 bits per heavy atom. The van der Waals surface area contributed by atoms with Crippen molar-refractivity contribution in [1.82, 2.24) is 9.97 Å². The molecule has 18 heavy (non-hydrogen) atoms. The maximum Gasteiger partial charge on any atom is 0.141 e. The summed E-state index contributed by atoms with van der Waals surface area (Å²) in [7, 11) is 0. The van der Waals surface area contributed by atoms with E-state index in [1.54, 1.807) is 6.07 Å². The number of hydrogen-bond acceptors (Lipinski definition) is 1. The summed E-state index contributed by atoms with van der Waals surface area (Å²) in [6, 6.07) is 10.1. The van der Waals surface area contributed by atoms with Crippen LogP contribution in [0.3, 0.4) is 0 Å². The number of benzene rings is 2. The van der Waals surface area contributed by atoms with Crippen molar-refractivity contribution in [3.05, 3.63) is 51.7 Å². The van der Waals surface area contributed by atoms with Crippen molar-refractivity contribution in [2.45, 2.75) is 0 Å². The van der Waals surface area contributed by atoms with Crippen molar-refractivity contribution >= 4 is 38.6 Å². The number of nitrogens with one attached hydrogen (secondary N) is 1. The third kappa shape index (κ3) is 2.02. The zero-order valence-electron chi connectivity index (χ0n) is 9.05. The number of imidazole rings is 1. The lowest BCUT2D eigenvalue weighted by Gasteiger charge is -1.99. The topological polar surface area (TPSA) is 28.7 Å². The largest absolute Gasteiger partial charge is 0.338 e. The lowest BCUT2D eigenvalue weighted by molar-refractivity contribution is 0.630. The number of halogens is 3. The molecular weight excluding hydrogens is 319 g/mol. The minimum absolute atomic E-state index is 0.350. The van der Waals surface area contributed by atoms with Gasteiger partial charge in [0.25, 0.3) is 0 Å². The Morgan fingerprint density at radius 1 is 1.17 bits per heavy atom. The Kier molecular flexibility index (Phi) is 2.84. The zero-order chi connectivity index (χ0) is 12.7. The van der Waals surface area contributed by atoms with Gasteiger partial charge in [-0.25, -0.2) is 9.37 Å². The van der Waals surface area contributed by atoms with Crippen LogP contribution in [-0.2, 0) is 0 Å². The first kappa shape index (κ1) is 11.7. The molecule has 0 saturated heterocycles. The Bertz CT molecular complexity index is 739. The van der Waals surface area contributed by atoms with Crippen LogP contribution in [0.2, 0.25) is 5.02 Å². The molecule has 0 aliphatic carbocycles. The number of fused-ring (bicyclic) bond motifs is 1. The van der Waals surface area contributed by atoms with Gasteiger partial charge in [0.05, 0.1) is 16.6 Å². The second-order valence-corrected chi connectivity index (χ2v) is 5.22. The summed E-state index contributed by atoms with van der Waals surface area (Å²) in [4.78, 5) is 7.43. The molecule has 0 fully saturated rings. The van der Waals surface area contributed by atoms with Gasteiger partial charge in [0.15, 0.2) is 0 Å². The fourth-order valence-corrected chi connectivity index (χ4v) is 2.32. The van der Waals surface area contributed by atoms with Crippen LogP contribution in [-0.4, -0.2) is 9.97 Å². The maximum atomic E-state index is 13.7. The minimum atomic E-state index is -0.350. The summed E-state index contributed by atoms with van der Waals surface area (Å²) in [6.07, 6.45) is 0. The lowest BCUT2D eigenvalue weighted by Crippen LogP contribution is -1.86. The molecule has 0 unspecified atom stereocenters. The molecule has 1 N–H and O–H groups in total. The molecule has 0 amide bonds. The molecule has 1 heterocycles. The van der Waals surface area contributed by atoms with Crippen molar-refractivity contribution in [3.8, 4) is 11.4 Å². The third-order valence-corrected chi connectivity index (χ3v) is 3.36. The van der Waals surface area contributed by atoms with E-state index >= 15 is 0 Å². The molecule has 2 nitrogen and oxygen atoms in total. The summed E-state index contributed by atoms with van der Waals surface area (Å²) < 4.78 is 14.7. The Labute approximate surface area is 116 Å². The number of rotatable bonds is 1. The van der Waals surface area contributed by atoms with E-state index in [0.717, 1.165) is 15.5 Å². The van der Waals surface area contributed by atoms with Crippen LogP contribution >= 0.6 is 27.5 Å². The second-order valence-electron chi connectivity index (χ2n) is 3.87. The van der Waals surface area contributed by atoms with Gasteiger partial charge in [-0.3, -0.25) is 0 Å². The molecule has 0 aliphatic heterocycles. The summed E-state index contributed by atoms with van der Waals surface area (Å²) >= 11 is 9.26. The fraction of sp³-hybridized carbons (Fsp3) is 0. The fourth-order valence-electron chi connectivity index (χ4n) is 1.79. The van der Waals surface area contributed by atoms with E-state index in [9.17, 15) is 4.39 Å². The van der Waals surface area contributed by atoms with Gasteiger partial charge >= 0.3 is 0 Å². The van der Waals surface area contributed by atoms with E-state index in [-0.39, 0.29) is 5.82 Å². The van der Waals surface area contributed by atoms with Crippen LogP contribution in [0.5, 0.6) is 0 Å². The minimum Gasteiger partial charge on any atom is -0.338 e. The van der Waals surface area contributed by atoms with E-state index in [0.29, 0.717) is 16.4 Å². The molecule has 1 aromatic heterocycles. The zero-order valence-corrected chi connectivity index (χ0v) is 11.4. The molecule has 0 spiro atoms. The van der Waals surface area contributed by atoms with E-state index in [2.05, 4.69) is 25.9 Å². The highest BCUT2D eigenvalue weighted by atomic mass is 79.9. The second kappa shape index (κ2) is 4.37. The molecule has 0 atom stereocenters. The van der Waals surface area contributed by atoms with Gasteiger partial charge < -0.3 is 4.98 Å². The monoisotopic (exact) mass is 324 g/mol. The van der Waals surface area contributed by atoms with Crippen LogP contribution in [0.15, 0.2) is 40.9 Å². The molecule has 3 rings (SSSR count). The van der Waals surface area contributed by atoms with Crippen molar-refractivity contribution < 1.29 is 4.39 Å². The molecule has 2 aromatic carbocycles. The smallest absolute Gasteiger partial charge is 0.141 e. The van der Waals surface area contributed by atoms with Crippen molar-refractivity contribution in [3.63, 3.8) is 0 Å². The summed E-state index contributed by atoms with van der Waals surface area (Å²) in [5.74, 6) is 0.126. The molecule has 90 valence electrons. The van der Waals surface area contributed by atoms with Gasteiger partial charge in [0.1, 0.15) is 11.6 Å². The standard InChI is InChI=1S/C13H7BrClFN2/c14-7-1-4-11-12(5-7)18-13(17-11)9-6-8(15)2-3-10(9)16/h1-6H,(H,17,18). The highest BCUT2D eigenvalue weighted by molar-refractivity contribution is 9.10. The molecule has 0 saturated carbocycles. The van der Waals surface area contributed by atoms with Crippen LogP contribution in [0, 0.1) is 5.82 Å². The molecule has 0 radical (unpaired) electrons. The first-order valence-electron chi connectivity index (χ1n) is 5.24. The van der Waals surface area contributed by atoms with Gasteiger partial charge in [-0.05, 0) is 36.4 Å². The number of H-pyrrole nitrogens is 1. The predicted molar refractivity (Wildman–Crippen MR) is 74.2 cm³/mol. The number of hydrogen-bond donors (Lipinski definition) is 1. The molecule has 0 bridgehead atoms. The summed E-state index contributed by atoms with van der Waals surface area (Å²) in [5.41, 5.74) is 2.00. The van der Waals surface area contributed by atoms with Crippen molar-refractivity contribution in [1.29, 1.82) is 0 Å². The maximum absolute atomic E-state index is 13.7. The van der Waals surface area contributed by atoms with Gasteiger partial charge in [0.2, 0.25) is 0 Å². The van der Waals surface area contributed by atoms with Gasteiger partial charge in [-0.15, -0.1) is 0 Å². The normalized spacial score (nSPS) is 11.1. The SMILES string of the molecule is Fc1ccc(Cl)cc1-c1nc2ccc(Br)cc2[nH]1. The van der Waals surface area contributed by atoms with E-state index in [1.165, 1.54) is 12.1 Å². The van der Waals surface area contributed by atoms with Crippen LogP contribution < -0.4 is 0 Å². The molecule has 0 aliphatic rings. The lowest BCUT2D eigenvalue weighted by atomic mass is 10.2. The Balaban J connectivity index is 2.22. The van der Waals surface area contributed by atoms with E-state index in [4.69, 9.17) is 11.6 Å². The van der Waals surface area contributed by atoms with Crippen molar-refractivity contribution in [2.24, 2.45) is 0 Å². The summed E-state index contributed by atoms with van der Waals surface area (Å²) in [5, 5.41) is 0.480. The first-order valence-corrected chi connectivity index (χ1v) is 6.41. The molecular formula is C13H7BrClFN2. The Morgan fingerprint density at radius 3 is 2.83 bits per heavy atom. The highest BCUT2D eigenvalue weighted by Crippen LogP contribution is 2.27.